The Hall–Kier alpha value is -1.10. The molecule has 1 aromatic carbocycles. The molecule has 0 radical (unpaired) electrons. The number of hydrogen-bond acceptors (Lipinski definition) is 4. The average molecular weight is 343 g/mol. The molecule has 3 nitrogen and oxygen atoms in total. The average Bonchev–Trinajstić information content (AvgIpc) is 2.78. The Balaban J connectivity index is 1.87. The minimum atomic E-state index is -0.629. The van der Waals surface area contributed by atoms with Crippen LogP contribution in [0.1, 0.15) is 35.4 Å². The molecule has 0 spiro atoms. The van der Waals surface area contributed by atoms with E-state index < -0.39 is 12.1 Å². The number of rotatable bonds is 2. The van der Waals surface area contributed by atoms with E-state index in [4.69, 9.17) is 27.9 Å². The van der Waals surface area contributed by atoms with Gasteiger partial charge in [0.2, 0.25) is 0 Å². The first-order chi connectivity index (χ1) is 10.1. The maximum Gasteiger partial charge on any atom is 0.350 e. The van der Waals surface area contributed by atoms with Gasteiger partial charge in [0.1, 0.15) is 4.88 Å². The molecule has 1 aromatic heterocycles. The molecule has 1 aliphatic carbocycles. The lowest BCUT2D eigenvalue weighted by molar-refractivity contribution is -0.129. The monoisotopic (exact) mass is 342 g/mol. The number of benzene rings is 1. The maximum absolute atomic E-state index is 12.3. The topological polar surface area (TPSA) is 43.4 Å². The minimum Gasteiger partial charge on any atom is -0.450 e. The molecule has 0 amide bonds. The lowest BCUT2D eigenvalue weighted by Gasteiger charge is -2.20. The van der Waals surface area contributed by atoms with Crippen LogP contribution >= 0.6 is 34.5 Å². The molecular formula is C15H12Cl2O3S. The SMILES string of the molecule is O=C(OC1CCCCC1=O)c1sc2cc(Cl)ccc2c1Cl. The van der Waals surface area contributed by atoms with Crippen molar-refractivity contribution in [2.24, 2.45) is 0 Å². The maximum atomic E-state index is 12.3. The molecule has 1 saturated carbocycles. The van der Waals surface area contributed by atoms with Gasteiger partial charge in [0.25, 0.3) is 0 Å². The van der Waals surface area contributed by atoms with Crippen molar-refractivity contribution in [3.8, 4) is 0 Å². The highest BCUT2D eigenvalue weighted by Gasteiger charge is 2.28. The smallest absolute Gasteiger partial charge is 0.350 e. The van der Waals surface area contributed by atoms with Gasteiger partial charge in [-0.25, -0.2) is 4.79 Å². The first-order valence-electron chi connectivity index (χ1n) is 6.67. The fourth-order valence-corrected chi connectivity index (χ4v) is 4.10. The molecule has 0 aliphatic heterocycles. The summed E-state index contributed by atoms with van der Waals surface area (Å²) in [5.41, 5.74) is 0. The van der Waals surface area contributed by atoms with Crippen LogP contribution < -0.4 is 0 Å². The summed E-state index contributed by atoms with van der Waals surface area (Å²) in [5.74, 6) is -0.535. The zero-order valence-electron chi connectivity index (χ0n) is 11.0. The van der Waals surface area contributed by atoms with Gasteiger partial charge in [-0.15, -0.1) is 11.3 Å². The second-order valence-electron chi connectivity index (χ2n) is 4.99. The Morgan fingerprint density at radius 1 is 1.29 bits per heavy atom. The standard InChI is InChI=1S/C15H12Cl2O3S/c16-8-5-6-9-12(7-8)21-14(13(9)17)15(19)20-11-4-2-1-3-10(11)18/h5-7,11H,1-4H2. The molecule has 6 heteroatoms. The molecule has 1 atom stereocenters. The molecule has 0 saturated heterocycles. The molecule has 1 heterocycles. The van der Waals surface area contributed by atoms with E-state index >= 15 is 0 Å². The van der Waals surface area contributed by atoms with Crippen LogP contribution in [-0.4, -0.2) is 17.9 Å². The molecule has 1 fully saturated rings. The fourth-order valence-electron chi connectivity index (χ4n) is 2.43. The predicted molar refractivity (Wildman–Crippen MR) is 84.5 cm³/mol. The zero-order chi connectivity index (χ0) is 15.0. The number of ketones is 1. The quantitative estimate of drug-likeness (QED) is 0.730. The Kier molecular flexibility index (Phi) is 4.20. The third-order valence-electron chi connectivity index (χ3n) is 3.52. The number of hydrogen-bond donors (Lipinski definition) is 0. The summed E-state index contributed by atoms with van der Waals surface area (Å²) in [6.07, 6.45) is 2.22. The second-order valence-corrected chi connectivity index (χ2v) is 6.86. The second kappa shape index (κ2) is 5.95. The van der Waals surface area contributed by atoms with Gasteiger partial charge in [-0.1, -0.05) is 29.3 Å². The van der Waals surface area contributed by atoms with E-state index in [1.54, 1.807) is 18.2 Å². The number of Topliss-reactive ketones (excluding diaryl/α,β-unsaturated/α-hetero) is 1. The van der Waals surface area contributed by atoms with Crippen molar-refractivity contribution in [3.05, 3.63) is 33.1 Å². The number of esters is 1. The van der Waals surface area contributed by atoms with E-state index in [0.717, 1.165) is 22.9 Å². The number of halogens is 2. The molecule has 0 N–H and O–H groups in total. The van der Waals surface area contributed by atoms with Crippen LogP contribution in [0, 0.1) is 0 Å². The van der Waals surface area contributed by atoms with Gasteiger partial charge in [-0.05, 0) is 31.4 Å². The van der Waals surface area contributed by atoms with E-state index in [9.17, 15) is 9.59 Å². The van der Waals surface area contributed by atoms with Crippen molar-refractivity contribution in [3.63, 3.8) is 0 Å². The molecule has 110 valence electrons. The number of fused-ring (bicyclic) bond motifs is 1. The molecule has 1 unspecified atom stereocenters. The van der Waals surface area contributed by atoms with Crippen LogP contribution in [-0.2, 0) is 9.53 Å². The van der Waals surface area contributed by atoms with Crippen molar-refractivity contribution in [2.75, 3.05) is 0 Å². The highest BCUT2D eigenvalue weighted by Crippen LogP contribution is 2.37. The summed E-state index contributed by atoms with van der Waals surface area (Å²) in [6, 6.07) is 5.26. The zero-order valence-corrected chi connectivity index (χ0v) is 13.4. The van der Waals surface area contributed by atoms with E-state index in [0.29, 0.717) is 27.8 Å². The third-order valence-corrected chi connectivity index (χ3v) is 5.40. The van der Waals surface area contributed by atoms with Gasteiger partial charge >= 0.3 is 5.97 Å². The van der Waals surface area contributed by atoms with Crippen molar-refractivity contribution in [1.82, 2.24) is 0 Å². The summed E-state index contributed by atoms with van der Waals surface area (Å²) in [5, 5.41) is 1.72. The molecule has 0 bridgehead atoms. The van der Waals surface area contributed by atoms with Crippen LogP contribution in [0.4, 0.5) is 0 Å². The Morgan fingerprint density at radius 2 is 2.10 bits per heavy atom. The summed E-state index contributed by atoms with van der Waals surface area (Å²) >= 11 is 13.4. The Morgan fingerprint density at radius 3 is 2.86 bits per heavy atom. The van der Waals surface area contributed by atoms with Crippen molar-refractivity contribution in [2.45, 2.75) is 31.8 Å². The van der Waals surface area contributed by atoms with Gasteiger partial charge in [0, 0.05) is 21.5 Å². The summed E-state index contributed by atoms with van der Waals surface area (Å²) in [4.78, 5) is 24.3. The van der Waals surface area contributed by atoms with Gasteiger partial charge < -0.3 is 4.74 Å². The summed E-state index contributed by atoms with van der Waals surface area (Å²) in [6.45, 7) is 0. The van der Waals surface area contributed by atoms with E-state index in [2.05, 4.69) is 0 Å². The first kappa shape index (κ1) is 14.8. The molecule has 2 aromatic rings. The highest BCUT2D eigenvalue weighted by atomic mass is 35.5. The van der Waals surface area contributed by atoms with E-state index in [1.165, 1.54) is 11.3 Å². The lowest BCUT2D eigenvalue weighted by Crippen LogP contribution is -2.29. The molecular weight excluding hydrogens is 331 g/mol. The number of carbonyl (C=O) groups is 2. The lowest BCUT2D eigenvalue weighted by atomic mass is 9.96. The van der Waals surface area contributed by atoms with Crippen molar-refractivity contribution in [1.29, 1.82) is 0 Å². The minimum absolute atomic E-state index is 0.00474. The van der Waals surface area contributed by atoms with E-state index in [-0.39, 0.29) is 5.78 Å². The number of carbonyl (C=O) groups excluding carboxylic acids is 2. The van der Waals surface area contributed by atoms with Crippen LogP contribution in [0.2, 0.25) is 10.0 Å². The van der Waals surface area contributed by atoms with Crippen LogP contribution in [0.15, 0.2) is 18.2 Å². The van der Waals surface area contributed by atoms with Gasteiger partial charge in [-0.3, -0.25) is 4.79 Å². The van der Waals surface area contributed by atoms with Crippen molar-refractivity contribution >= 4 is 56.4 Å². The molecule has 1 aliphatic rings. The van der Waals surface area contributed by atoms with Crippen molar-refractivity contribution < 1.29 is 14.3 Å². The highest BCUT2D eigenvalue weighted by molar-refractivity contribution is 7.21. The molecule has 21 heavy (non-hydrogen) atoms. The van der Waals surface area contributed by atoms with Crippen LogP contribution in [0.5, 0.6) is 0 Å². The fraction of sp³-hybridized carbons (Fsp3) is 0.333. The number of thiophene rings is 1. The van der Waals surface area contributed by atoms with Gasteiger partial charge in [0.15, 0.2) is 11.9 Å². The Bertz CT molecular complexity index is 723. The van der Waals surface area contributed by atoms with Crippen LogP contribution in [0.25, 0.3) is 10.1 Å². The van der Waals surface area contributed by atoms with Gasteiger partial charge in [0.05, 0.1) is 5.02 Å². The summed E-state index contributed by atoms with van der Waals surface area (Å²) in [7, 11) is 0. The summed E-state index contributed by atoms with van der Waals surface area (Å²) < 4.78 is 6.16. The van der Waals surface area contributed by atoms with E-state index in [1.807, 2.05) is 0 Å². The normalized spacial score (nSPS) is 19.0. The van der Waals surface area contributed by atoms with Crippen LogP contribution in [0.3, 0.4) is 0 Å². The predicted octanol–water partition coefficient (Wildman–Crippen LogP) is 4.88. The largest absolute Gasteiger partial charge is 0.450 e. The Labute approximate surface area is 135 Å². The number of ether oxygens (including phenoxy) is 1. The third kappa shape index (κ3) is 2.93. The van der Waals surface area contributed by atoms with Gasteiger partial charge in [-0.2, -0.15) is 0 Å². The first-order valence-corrected chi connectivity index (χ1v) is 8.25. The molecule has 3 rings (SSSR count).